The van der Waals surface area contributed by atoms with Crippen molar-refractivity contribution in [3.05, 3.63) is 47.8 Å². The Morgan fingerprint density at radius 1 is 1.30 bits per heavy atom. The van der Waals surface area contributed by atoms with Crippen LogP contribution in [0.1, 0.15) is 15.9 Å². The first-order chi connectivity index (χ1) is 10.8. The van der Waals surface area contributed by atoms with E-state index in [1.807, 2.05) is 0 Å². The molecule has 0 fully saturated rings. The summed E-state index contributed by atoms with van der Waals surface area (Å²) in [5.41, 5.74) is 0.811. The number of alkyl halides is 3. The van der Waals surface area contributed by atoms with Crippen LogP contribution in [0.2, 0.25) is 0 Å². The first kappa shape index (κ1) is 16.5. The number of esters is 1. The third kappa shape index (κ3) is 4.09. The number of rotatable bonds is 4. The molecule has 0 saturated carbocycles. The molecule has 0 spiro atoms. The number of anilines is 1. The summed E-state index contributed by atoms with van der Waals surface area (Å²) in [5, 5.41) is 5.55. The Hall–Kier alpha value is -2.84. The molecular formula is C14H12F3N3O3. The highest BCUT2D eigenvalue weighted by atomic mass is 19.4. The van der Waals surface area contributed by atoms with E-state index in [0.717, 1.165) is 6.20 Å². The van der Waals surface area contributed by atoms with Gasteiger partial charge in [-0.25, -0.2) is 4.79 Å². The maximum atomic E-state index is 12.2. The Labute approximate surface area is 128 Å². The Morgan fingerprint density at radius 3 is 2.65 bits per heavy atom. The van der Waals surface area contributed by atoms with Gasteiger partial charge in [-0.15, -0.1) is 0 Å². The summed E-state index contributed by atoms with van der Waals surface area (Å²) in [7, 11) is 1.25. The Kier molecular flexibility index (Phi) is 4.68. The minimum atomic E-state index is -4.97. The smallest absolute Gasteiger partial charge is 0.465 e. The van der Waals surface area contributed by atoms with Gasteiger partial charge in [0.25, 0.3) is 0 Å². The molecule has 1 aromatic carbocycles. The number of aromatic nitrogens is 2. The Morgan fingerprint density at radius 2 is 2.00 bits per heavy atom. The van der Waals surface area contributed by atoms with Gasteiger partial charge in [0.1, 0.15) is 0 Å². The van der Waals surface area contributed by atoms with Crippen LogP contribution < -0.4 is 5.32 Å². The van der Waals surface area contributed by atoms with Gasteiger partial charge in [-0.2, -0.15) is 18.3 Å². The molecule has 0 aliphatic carbocycles. The number of halogens is 3. The summed E-state index contributed by atoms with van der Waals surface area (Å²) in [5.74, 6) is -2.61. The summed E-state index contributed by atoms with van der Waals surface area (Å²) < 4.78 is 42.5. The molecule has 9 heteroatoms. The van der Waals surface area contributed by atoms with Gasteiger partial charge in [-0.05, 0) is 11.6 Å². The highest BCUT2D eigenvalue weighted by molar-refractivity contribution is 5.94. The van der Waals surface area contributed by atoms with Gasteiger partial charge in [-0.3, -0.25) is 9.48 Å². The van der Waals surface area contributed by atoms with Gasteiger partial charge in [0.15, 0.2) is 0 Å². The fourth-order valence-corrected chi connectivity index (χ4v) is 1.86. The highest BCUT2D eigenvalue weighted by Gasteiger charge is 2.38. The van der Waals surface area contributed by atoms with Crippen LogP contribution in [0.4, 0.5) is 18.9 Å². The predicted octanol–water partition coefficient (Wildman–Crippen LogP) is 2.22. The SMILES string of the molecule is COC(=O)c1ccccc1Cn1cc(NC(=O)C(F)(F)F)cn1. The van der Waals surface area contributed by atoms with Crippen molar-refractivity contribution in [2.75, 3.05) is 12.4 Å². The van der Waals surface area contributed by atoms with Crippen molar-refractivity contribution in [2.24, 2.45) is 0 Å². The zero-order chi connectivity index (χ0) is 17.0. The molecule has 2 rings (SSSR count). The average molecular weight is 327 g/mol. The molecule has 1 aromatic heterocycles. The van der Waals surface area contributed by atoms with Gasteiger partial charge in [-0.1, -0.05) is 18.2 Å². The number of amides is 1. The number of methoxy groups -OCH3 is 1. The van der Waals surface area contributed by atoms with Crippen molar-refractivity contribution in [1.82, 2.24) is 9.78 Å². The fraction of sp³-hybridized carbons (Fsp3) is 0.214. The predicted molar refractivity (Wildman–Crippen MR) is 73.8 cm³/mol. The molecule has 23 heavy (non-hydrogen) atoms. The first-order valence-electron chi connectivity index (χ1n) is 6.38. The number of hydrogen-bond donors (Lipinski definition) is 1. The molecule has 2 aromatic rings. The topological polar surface area (TPSA) is 73.2 Å². The monoisotopic (exact) mass is 327 g/mol. The quantitative estimate of drug-likeness (QED) is 0.874. The molecule has 0 unspecified atom stereocenters. The maximum Gasteiger partial charge on any atom is 0.471 e. The van der Waals surface area contributed by atoms with Crippen molar-refractivity contribution in [1.29, 1.82) is 0 Å². The van der Waals surface area contributed by atoms with Gasteiger partial charge in [0.05, 0.1) is 31.1 Å². The van der Waals surface area contributed by atoms with Crippen molar-refractivity contribution in [2.45, 2.75) is 12.7 Å². The third-order valence-electron chi connectivity index (χ3n) is 2.90. The molecule has 0 aliphatic rings. The zero-order valence-corrected chi connectivity index (χ0v) is 11.9. The number of carbonyl (C=O) groups excluding carboxylic acids is 2. The molecule has 6 nitrogen and oxygen atoms in total. The second-order valence-corrected chi connectivity index (χ2v) is 4.53. The fourth-order valence-electron chi connectivity index (χ4n) is 1.86. The number of nitrogens with zero attached hydrogens (tertiary/aromatic N) is 2. The van der Waals surface area contributed by atoms with E-state index in [2.05, 4.69) is 9.84 Å². The maximum absolute atomic E-state index is 12.2. The van der Waals surface area contributed by atoms with Gasteiger partial charge in [0.2, 0.25) is 0 Å². The van der Waals surface area contributed by atoms with Crippen LogP contribution in [-0.2, 0) is 16.1 Å². The summed E-state index contributed by atoms with van der Waals surface area (Å²) in [6, 6.07) is 6.60. The van der Waals surface area contributed by atoms with Crippen LogP contribution >= 0.6 is 0 Å². The number of ether oxygens (including phenoxy) is 1. The minimum Gasteiger partial charge on any atom is -0.465 e. The largest absolute Gasteiger partial charge is 0.471 e. The van der Waals surface area contributed by atoms with Gasteiger partial charge >= 0.3 is 18.1 Å². The first-order valence-corrected chi connectivity index (χ1v) is 6.38. The van der Waals surface area contributed by atoms with Gasteiger partial charge < -0.3 is 10.1 Å². The molecule has 0 bridgehead atoms. The number of hydrogen-bond acceptors (Lipinski definition) is 4. The van der Waals surface area contributed by atoms with Gasteiger partial charge in [0, 0.05) is 6.20 Å². The number of nitrogens with one attached hydrogen (secondary N) is 1. The van der Waals surface area contributed by atoms with Crippen LogP contribution in [0.15, 0.2) is 36.7 Å². The molecule has 1 N–H and O–H groups in total. The summed E-state index contributed by atoms with van der Waals surface area (Å²) >= 11 is 0. The zero-order valence-electron chi connectivity index (χ0n) is 11.9. The van der Waals surface area contributed by atoms with E-state index in [1.165, 1.54) is 18.0 Å². The summed E-state index contributed by atoms with van der Waals surface area (Å²) in [6.07, 6.45) is -2.65. The van der Waals surface area contributed by atoms with Crippen LogP contribution in [0.5, 0.6) is 0 Å². The summed E-state index contributed by atoms with van der Waals surface area (Å²) in [4.78, 5) is 22.5. The molecular weight excluding hydrogens is 315 g/mol. The van der Waals surface area contributed by atoms with Crippen molar-refractivity contribution in [3.8, 4) is 0 Å². The molecule has 1 heterocycles. The van der Waals surface area contributed by atoms with E-state index >= 15 is 0 Å². The molecule has 122 valence electrons. The Balaban J connectivity index is 2.14. The van der Waals surface area contributed by atoms with E-state index < -0.39 is 18.1 Å². The van der Waals surface area contributed by atoms with Crippen molar-refractivity contribution >= 4 is 17.6 Å². The molecule has 0 aliphatic heterocycles. The lowest BCUT2D eigenvalue weighted by atomic mass is 10.1. The van der Waals surface area contributed by atoms with Crippen LogP contribution in [0, 0.1) is 0 Å². The van der Waals surface area contributed by atoms with E-state index in [9.17, 15) is 22.8 Å². The average Bonchev–Trinajstić information content (AvgIpc) is 2.93. The number of carbonyl (C=O) groups is 2. The standard InChI is InChI=1S/C14H12F3N3O3/c1-23-12(21)11-5-3-2-4-9(11)7-20-8-10(6-18-20)19-13(22)14(15,16)17/h2-6,8H,7H2,1H3,(H,19,22). The molecule has 0 atom stereocenters. The van der Waals surface area contributed by atoms with Crippen LogP contribution in [0.25, 0.3) is 0 Å². The summed E-state index contributed by atoms with van der Waals surface area (Å²) in [6.45, 7) is 0.132. The Bertz CT molecular complexity index is 725. The third-order valence-corrected chi connectivity index (χ3v) is 2.90. The lowest BCUT2D eigenvalue weighted by Crippen LogP contribution is -2.29. The molecule has 0 saturated heterocycles. The van der Waals surface area contributed by atoms with E-state index in [-0.39, 0.29) is 12.2 Å². The molecule has 0 radical (unpaired) electrons. The number of benzene rings is 1. The van der Waals surface area contributed by atoms with Crippen molar-refractivity contribution in [3.63, 3.8) is 0 Å². The van der Waals surface area contributed by atoms with E-state index in [0.29, 0.717) is 11.1 Å². The lowest BCUT2D eigenvalue weighted by Gasteiger charge is -2.08. The second kappa shape index (κ2) is 6.51. The van der Waals surface area contributed by atoms with Crippen LogP contribution in [0.3, 0.4) is 0 Å². The van der Waals surface area contributed by atoms with E-state index in [1.54, 1.807) is 29.6 Å². The minimum absolute atomic E-state index is 0.0946. The highest BCUT2D eigenvalue weighted by Crippen LogP contribution is 2.18. The van der Waals surface area contributed by atoms with E-state index in [4.69, 9.17) is 0 Å². The lowest BCUT2D eigenvalue weighted by molar-refractivity contribution is -0.167. The second-order valence-electron chi connectivity index (χ2n) is 4.53. The molecule has 1 amide bonds. The normalized spacial score (nSPS) is 11.1. The van der Waals surface area contributed by atoms with Crippen molar-refractivity contribution < 1.29 is 27.5 Å². The van der Waals surface area contributed by atoms with Crippen LogP contribution in [-0.4, -0.2) is 34.9 Å².